The summed E-state index contributed by atoms with van der Waals surface area (Å²) >= 11 is 0. The van der Waals surface area contributed by atoms with E-state index in [2.05, 4.69) is 9.97 Å². The first-order valence-corrected chi connectivity index (χ1v) is 3.69. The molecule has 0 radical (unpaired) electrons. The van der Waals surface area contributed by atoms with Gasteiger partial charge in [0.2, 0.25) is 0 Å². The Hall–Kier alpha value is -2.15. The molecule has 1 aromatic heterocycles. The maximum absolute atomic E-state index is 12.2. The fourth-order valence-electron chi connectivity index (χ4n) is 0.849. The second-order valence-electron chi connectivity index (χ2n) is 2.50. The van der Waals surface area contributed by atoms with E-state index in [9.17, 15) is 13.2 Å². The first-order chi connectivity index (χ1) is 6.97. The van der Waals surface area contributed by atoms with Gasteiger partial charge < -0.3 is 0 Å². The Kier molecular flexibility index (Phi) is 2.86. The quantitative estimate of drug-likeness (QED) is 0.705. The van der Waals surface area contributed by atoms with Crippen LogP contribution < -0.4 is 0 Å². The minimum Gasteiger partial charge on any atom is -0.227 e. The predicted octanol–water partition coefficient (Wildman–Crippen LogP) is 1.43. The lowest BCUT2D eigenvalue weighted by Gasteiger charge is -2.06. The number of halogens is 3. The van der Waals surface area contributed by atoms with Crippen molar-refractivity contribution in [3.63, 3.8) is 0 Å². The summed E-state index contributed by atoms with van der Waals surface area (Å²) in [7, 11) is 0. The lowest BCUT2D eigenvalue weighted by molar-refractivity contribution is -0.141. The Morgan fingerprint density at radius 2 is 1.93 bits per heavy atom. The minimum absolute atomic E-state index is 0.302. The van der Waals surface area contributed by atoms with Gasteiger partial charge >= 0.3 is 6.18 Å². The van der Waals surface area contributed by atoms with E-state index in [4.69, 9.17) is 10.5 Å². The van der Waals surface area contributed by atoms with Gasteiger partial charge in [-0.2, -0.15) is 23.7 Å². The van der Waals surface area contributed by atoms with Crippen LogP contribution in [-0.4, -0.2) is 9.97 Å². The van der Waals surface area contributed by atoms with Crippen LogP contribution in [0.2, 0.25) is 0 Å². The molecule has 0 saturated heterocycles. The SMILES string of the molecule is N#CCc1nc(C#N)cc(C(F)(F)F)n1. The van der Waals surface area contributed by atoms with Crippen molar-refractivity contribution >= 4 is 0 Å². The van der Waals surface area contributed by atoms with E-state index in [1.807, 2.05) is 0 Å². The van der Waals surface area contributed by atoms with Crippen LogP contribution in [-0.2, 0) is 12.6 Å². The Labute approximate surface area is 82.6 Å². The van der Waals surface area contributed by atoms with E-state index in [-0.39, 0.29) is 12.2 Å². The summed E-state index contributed by atoms with van der Waals surface area (Å²) in [4.78, 5) is 6.59. The Bertz CT molecular complexity index is 452. The van der Waals surface area contributed by atoms with Gasteiger partial charge in [0.1, 0.15) is 23.3 Å². The third-order valence-corrected chi connectivity index (χ3v) is 1.41. The molecule has 0 saturated carbocycles. The van der Waals surface area contributed by atoms with Crippen LogP contribution in [0.1, 0.15) is 17.2 Å². The zero-order valence-electron chi connectivity index (χ0n) is 7.21. The molecule has 0 atom stereocenters. The normalized spacial score (nSPS) is 10.5. The molecule has 0 fully saturated rings. The molecule has 76 valence electrons. The number of rotatable bonds is 1. The maximum atomic E-state index is 12.2. The zero-order chi connectivity index (χ0) is 11.5. The van der Waals surface area contributed by atoms with Crippen molar-refractivity contribution in [2.24, 2.45) is 0 Å². The average Bonchev–Trinajstić information content (AvgIpc) is 2.16. The fourth-order valence-corrected chi connectivity index (χ4v) is 0.849. The minimum atomic E-state index is -4.64. The van der Waals surface area contributed by atoms with Crippen molar-refractivity contribution in [2.45, 2.75) is 12.6 Å². The zero-order valence-corrected chi connectivity index (χ0v) is 7.21. The molecule has 15 heavy (non-hydrogen) atoms. The first-order valence-electron chi connectivity index (χ1n) is 3.69. The standard InChI is InChI=1S/C8H3F3N4/c9-8(10,11)6-3-5(4-13)14-7(15-6)1-2-12/h3H,1H2. The molecule has 0 aromatic carbocycles. The fraction of sp³-hybridized carbons (Fsp3) is 0.250. The lowest BCUT2D eigenvalue weighted by Crippen LogP contribution is -2.11. The van der Waals surface area contributed by atoms with Crippen LogP contribution >= 0.6 is 0 Å². The number of alkyl halides is 3. The van der Waals surface area contributed by atoms with Crippen LogP contribution in [0.4, 0.5) is 13.2 Å². The van der Waals surface area contributed by atoms with Gasteiger partial charge in [-0.15, -0.1) is 0 Å². The molecule has 0 amide bonds. The van der Waals surface area contributed by atoms with Crippen LogP contribution in [0.15, 0.2) is 6.07 Å². The van der Waals surface area contributed by atoms with Crippen molar-refractivity contribution in [2.75, 3.05) is 0 Å². The Balaban J connectivity index is 3.26. The Morgan fingerprint density at radius 1 is 1.27 bits per heavy atom. The molecule has 1 rings (SSSR count). The molecule has 0 unspecified atom stereocenters. The molecule has 0 spiro atoms. The number of hydrogen-bond donors (Lipinski definition) is 0. The molecule has 0 bridgehead atoms. The third kappa shape index (κ3) is 2.64. The molecule has 4 nitrogen and oxygen atoms in total. The second-order valence-corrected chi connectivity index (χ2v) is 2.50. The molecule has 7 heteroatoms. The molecule has 0 N–H and O–H groups in total. The smallest absolute Gasteiger partial charge is 0.227 e. The van der Waals surface area contributed by atoms with Crippen molar-refractivity contribution in [3.8, 4) is 12.1 Å². The van der Waals surface area contributed by atoms with E-state index < -0.39 is 17.6 Å². The third-order valence-electron chi connectivity index (χ3n) is 1.41. The van der Waals surface area contributed by atoms with E-state index in [0.29, 0.717) is 6.07 Å². The van der Waals surface area contributed by atoms with Crippen LogP contribution in [0.5, 0.6) is 0 Å². The molecular formula is C8H3F3N4. The van der Waals surface area contributed by atoms with E-state index in [1.165, 1.54) is 6.07 Å². The number of aromatic nitrogens is 2. The summed E-state index contributed by atoms with van der Waals surface area (Å²) in [6.07, 6.45) is -5.00. The van der Waals surface area contributed by atoms with Gasteiger partial charge in [-0.05, 0) is 0 Å². The highest BCUT2D eigenvalue weighted by Gasteiger charge is 2.33. The van der Waals surface area contributed by atoms with E-state index in [1.54, 1.807) is 6.07 Å². The highest BCUT2D eigenvalue weighted by Crippen LogP contribution is 2.27. The van der Waals surface area contributed by atoms with Crippen molar-refractivity contribution in [1.82, 2.24) is 9.97 Å². The second kappa shape index (κ2) is 3.93. The number of nitrogens with zero attached hydrogens (tertiary/aromatic N) is 4. The predicted molar refractivity (Wildman–Crippen MR) is 41.1 cm³/mol. The Morgan fingerprint density at radius 3 is 2.40 bits per heavy atom. The van der Waals surface area contributed by atoms with E-state index in [0.717, 1.165) is 0 Å². The average molecular weight is 212 g/mol. The van der Waals surface area contributed by atoms with Crippen molar-refractivity contribution < 1.29 is 13.2 Å². The monoisotopic (exact) mass is 212 g/mol. The lowest BCUT2D eigenvalue weighted by atomic mass is 10.3. The van der Waals surface area contributed by atoms with Gasteiger partial charge in [-0.3, -0.25) is 0 Å². The molecule has 1 aromatic rings. The van der Waals surface area contributed by atoms with Crippen LogP contribution in [0.25, 0.3) is 0 Å². The van der Waals surface area contributed by atoms with Gasteiger partial charge in [0, 0.05) is 6.07 Å². The largest absolute Gasteiger partial charge is 0.433 e. The highest BCUT2D eigenvalue weighted by atomic mass is 19.4. The maximum Gasteiger partial charge on any atom is 0.433 e. The summed E-state index contributed by atoms with van der Waals surface area (Å²) in [6.45, 7) is 0. The van der Waals surface area contributed by atoms with Gasteiger partial charge in [0.15, 0.2) is 0 Å². The summed E-state index contributed by atoms with van der Waals surface area (Å²) in [5, 5.41) is 16.7. The molecule has 0 aliphatic rings. The van der Waals surface area contributed by atoms with E-state index >= 15 is 0 Å². The highest BCUT2D eigenvalue weighted by molar-refractivity contribution is 5.24. The van der Waals surface area contributed by atoms with Crippen LogP contribution in [0.3, 0.4) is 0 Å². The molecule has 0 aliphatic heterocycles. The number of nitriles is 2. The first kappa shape index (κ1) is 10.9. The summed E-state index contributed by atoms with van der Waals surface area (Å²) in [5.74, 6) is -0.302. The van der Waals surface area contributed by atoms with Gasteiger partial charge in [0.25, 0.3) is 0 Å². The summed E-state index contributed by atoms with van der Waals surface area (Å²) in [6, 6.07) is 3.63. The topological polar surface area (TPSA) is 73.4 Å². The van der Waals surface area contributed by atoms with Crippen molar-refractivity contribution in [1.29, 1.82) is 10.5 Å². The van der Waals surface area contributed by atoms with Gasteiger partial charge in [0.05, 0.1) is 12.5 Å². The van der Waals surface area contributed by atoms with Crippen LogP contribution in [0, 0.1) is 22.7 Å². The molecular weight excluding hydrogens is 209 g/mol. The molecule has 1 heterocycles. The van der Waals surface area contributed by atoms with Crippen molar-refractivity contribution in [3.05, 3.63) is 23.3 Å². The van der Waals surface area contributed by atoms with Gasteiger partial charge in [-0.25, -0.2) is 9.97 Å². The summed E-state index contributed by atoms with van der Waals surface area (Å²) in [5.41, 5.74) is -1.61. The van der Waals surface area contributed by atoms with Gasteiger partial charge in [-0.1, -0.05) is 0 Å². The number of hydrogen-bond acceptors (Lipinski definition) is 4. The summed E-state index contributed by atoms with van der Waals surface area (Å²) < 4.78 is 36.7. The molecule has 0 aliphatic carbocycles.